The zero-order valence-corrected chi connectivity index (χ0v) is 9.07. The Hall–Kier alpha value is -1.84. The summed E-state index contributed by atoms with van der Waals surface area (Å²) >= 11 is 0. The second kappa shape index (κ2) is 4.59. The molecule has 0 atom stereocenters. The molecule has 0 unspecified atom stereocenters. The van der Waals surface area contributed by atoms with E-state index in [4.69, 9.17) is 0 Å². The maximum absolute atomic E-state index is 11.2. The number of para-hydroxylation sites is 2. The van der Waals surface area contributed by atoms with Gasteiger partial charge in [-0.1, -0.05) is 12.1 Å². The standard InChI is InChI=1S/C11H14N2O2/c1-8(14)12-10-6-4-5-7-11(10)13(3)9(2)15/h4-7H,1-3H3,(H,12,14). The highest BCUT2D eigenvalue weighted by Gasteiger charge is 2.10. The van der Waals surface area contributed by atoms with Crippen molar-refractivity contribution in [2.24, 2.45) is 0 Å². The lowest BCUT2D eigenvalue weighted by molar-refractivity contribution is -0.116. The molecule has 0 saturated carbocycles. The summed E-state index contributed by atoms with van der Waals surface area (Å²) in [4.78, 5) is 23.6. The van der Waals surface area contributed by atoms with E-state index in [0.29, 0.717) is 11.4 Å². The molecule has 1 N–H and O–H groups in total. The van der Waals surface area contributed by atoms with Gasteiger partial charge in [0, 0.05) is 20.9 Å². The molecule has 4 nitrogen and oxygen atoms in total. The second-order valence-corrected chi connectivity index (χ2v) is 3.28. The molecule has 0 aliphatic heterocycles. The van der Waals surface area contributed by atoms with Crippen LogP contribution in [0, 0.1) is 0 Å². The van der Waals surface area contributed by atoms with Crippen LogP contribution in [-0.4, -0.2) is 18.9 Å². The Morgan fingerprint density at radius 2 is 1.80 bits per heavy atom. The van der Waals surface area contributed by atoms with Gasteiger partial charge in [0.25, 0.3) is 0 Å². The summed E-state index contributed by atoms with van der Waals surface area (Å²) in [7, 11) is 1.67. The van der Waals surface area contributed by atoms with Crippen molar-refractivity contribution in [3.8, 4) is 0 Å². The highest BCUT2D eigenvalue weighted by molar-refractivity contribution is 5.99. The quantitative estimate of drug-likeness (QED) is 0.799. The predicted molar refractivity (Wildman–Crippen MR) is 59.8 cm³/mol. The molecule has 0 aliphatic rings. The van der Waals surface area contributed by atoms with Gasteiger partial charge in [-0.3, -0.25) is 9.59 Å². The van der Waals surface area contributed by atoms with E-state index in [0.717, 1.165) is 0 Å². The molecule has 80 valence electrons. The summed E-state index contributed by atoms with van der Waals surface area (Å²) in [5.41, 5.74) is 1.34. The van der Waals surface area contributed by atoms with E-state index >= 15 is 0 Å². The van der Waals surface area contributed by atoms with E-state index in [2.05, 4.69) is 5.32 Å². The summed E-state index contributed by atoms with van der Waals surface area (Å²) < 4.78 is 0. The first-order valence-corrected chi connectivity index (χ1v) is 4.63. The Morgan fingerprint density at radius 1 is 1.20 bits per heavy atom. The Kier molecular flexibility index (Phi) is 3.44. The fourth-order valence-corrected chi connectivity index (χ4v) is 1.23. The fraction of sp³-hybridized carbons (Fsp3) is 0.273. The minimum absolute atomic E-state index is 0.0761. The molecule has 0 aromatic heterocycles. The van der Waals surface area contributed by atoms with Gasteiger partial charge in [0.15, 0.2) is 0 Å². The van der Waals surface area contributed by atoms with Gasteiger partial charge >= 0.3 is 0 Å². The highest BCUT2D eigenvalue weighted by Crippen LogP contribution is 2.24. The molecule has 1 aromatic rings. The van der Waals surface area contributed by atoms with Crippen LogP contribution in [0.25, 0.3) is 0 Å². The van der Waals surface area contributed by atoms with Crippen LogP contribution in [0.15, 0.2) is 24.3 Å². The maximum atomic E-state index is 11.2. The van der Waals surface area contributed by atoms with E-state index in [9.17, 15) is 9.59 Å². The van der Waals surface area contributed by atoms with Gasteiger partial charge in [0.2, 0.25) is 11.8 Å². The SMILES string of the molecule is CC(=O)Nc1ccccc1N(C)C(C)=O. The molecule has 1 rings (SSSR count). The number of hydrogen-bond acceptors (Lipinski definition) is 2. The van der Waals surface area contributed by atoms with Crippen molar-refractivity contribution in [3.63, 3.8) is 0 Å². The van der Waals surface area contributed by atoms with Crippen LogP contribution >= 0.6 is 0 Å². The molecule has 0 heterocycles. The third-order valence-corrected chi connectivity index (χ3v) is 2.05. The van der Waals surface area contributed by atoms with Crippen molar-refractivity contribution in [1.29, 1.82) is 0 Å². The van der Waals surface area contributed by atoms with Crippen molar-refractivity contribution in [1.82, 2.24) is 0 Å². The Morgan fingerprint density at radius 3 is 2.33 bits per heavy atom. The van der Waals surface area contributed by atoms with E-state index in [1.165, 1.54) is 18.7 Å². The van der Waals surface area contributed by atoms with Gasteiger partial charge in [-0.25, -0.2) is 0 Å². The van der Waals surface area contributed by atoms with Gasteiger partial charge in [-0.15, -0.1) is 0 Å². The van der Waals surface area contributed by atoms with Crippen LogP contribution in [0.1, 0.15) is 13.8 Å². The number of carbonyl (C=O) groups excluding carboxylic acids is 2. The minimum Gasteiger partial charge on any atom is -0.325 e. The minimum atomic E-state index is -0.153. The zero-order chi connectivity index (χ0) is 11.4. The number of rotatable bonds is 2. The first-order chi connectivity index (χ1) is 7.02. The molecular weight excluding hydrogens is 192 g/mol. The van der Waals surface area contributed by atoms with Crippen molar-refractivity contribution in [3.05, 3.63) is 24.3 Å². The van der Waals surface area contributed by atoms with Crippen molar-refractivity contribution in [2.45, 2.75) is 13.8 Å². The maximum Gasteiger partial charge on any atom is 0.223 e. The number of nitrogens with zero attached hydrogens (tertiary/aromatic N) is 1. The van der Waals surface area contributed by atoms with Crippen LogP contribution in [-0.2, 0) is 9.59 Å². The largest absolute Gasteiger partial charge is 0.325 e. The molecule has 0 spiro atoms. The number of nitrogens with one attached hydrogen (secondary N) is 1. The van der Waals surface area contributed by atoms with E-state index in [1.807, 2.05) is 12.1 Å². The van der Waals surface area contributed by atoms with Gasteiger partial charge in [0.1, 0.15) is 0 Å². The van der Waals surface area contributed by atoms with Gasteiger partial charge in [0.05, 0.1) is 11.4 Å². The smallest absolute Gasteiger partial charge is 0.223 e. The molecule has 0 aliphatic carbocycles. The fourth-order valence-electron chi connectivity index (χ4n) is 1.23. The molecule has 15 heavy (non-hydrogen) atoms. The summed E-state index contributed by atoms with van der Waals surface area (Å²) in [5, 5.41) is 2.68. The number of amides is 2. The first kappa shape index (κ1) is 11.2. The molecule has 0 bridgehead atoms. The lowest BCUT2D eigenvalue weighted by Gasteiger charge is -2.18. The normalized spacial score (nSPS) is 9.53. The summed E-state index contributed by atoms with van der Waals surface area (Å²) in [6.07, 6.45) is 0. The number of anilines is 2. The molecule has 4 heteroatoms. The second-order valence-electron chi connectivity index (χ2n) is 3.28. The van der Waals surface area contributed by atoms with Gasteiger partial charge in [-0.2, -0.15) is 0 Å². The molecule has 0 saturated heterocycles. The molecule has 2 amide bonds. The topological polar surface area (TPSA) is 49.4 Å². The molecule has 0 fully saturated rings. The number of hydrogen-bond donors (Lipinski definition) is 1. The first-order valence-electron chi connectivity index (χ1n) is 4.63. The molecular formula is C11H14N2O2. The van der Waals surface area contributed by atoms with E-state index < -0.39 is 0 Å². The molecule has 1 aromatic carbocycles. The molecule has 0 radical (unpaired) electrons. The summed E-state index contributed by atoms with van der Waals surface area (Å²) in [6, 6.07) is 7.17. The Balaban J connectivity index is 3.05. The predicted octanol–water partition coefficient (Wildman–Crippen LogP) is 1.63. The average molecular weight is 206 g/mol. The highest BCUT2D eigenvalue weighted by atomic mass is 16.2. The average Bonchev–Trinajstić information content (AvgIpc) is 2.16. The van der Waals surface area contributed by atoms with Gasteiger partial charge < -0.3 is 10.2 Å². The third-order valence-electron chi connectivity index (χ3n) is 2.05. The van der Waals surface area contributed by atoms with Crippen LogP contribution in [0.5, 0.6) is 0 Å². The van der Waals surface area contributed by atoms with Gasteiger partial charge in [-0.05, 0) is 12.1 Å². The number of benzene rings is 1. The lowest BCUT2D eigenvalue weighted by Crippen LogP contribution is -2.24. The zero-order valence-electron chi connectivity index (χ0n) is 9.07. The van der Waals surface area contributed by atoms with Crippen LogP contribution in [0.2, 0.25) is 0 Å². The van der Waals surface area contributed by atoms with Crippen LogP contribution in [0.4, 0.5) is 11.4 Å². The van der Waals surface area contributed by atoms with Crippen molar-refractivity contribution < 1.29 is 9.59 Å². The number of carbonyl (C=O) groups is 2. The van der Waals surface area contributed by atoms with Crippen molar-refractivity contribution >= 4 is 23.2 Å². The lowest BCUT2D eigenvalue weighted by atomic mass is 10.2. The van der Waals surface area contributed by atoms with Crippen molar-refractivity contribution in [2.75, 3.05) is 17.3 Å². The third kappa shape index (κ3) is 2.80. The Bertz CT molecular complexity index is 388. The monoisotopic (exact) mass is 206 g/mol. The van der Waals surface area contributed by atoms with E-state index in [-0.39, 0.29) is 11.8 Å². The van der Waals surface area contributed by atoms with Crippen LogP contribution < -0.4 is 10.2 Å². The summed E-state index contributed by atoms with van der Waals surface area (Å²) in [6.45, 7) is 2.91. The Labute approximate surface area is 88.9 Å². The van der Waals surface area contributed by atoms with Crippen LogP contribution in [0.3, 0.4) is 0 Å². The summed E-state index contributed by atoms with van der Waals surface area (Å²) in [5.74, 6) is -0.229. The van der Waals surface area contributed by atoms with E-state index in [1.54, 1.807) is 19.2 Å².